The molecule has 5 nitrogen and oxygen atoms in total. The van der Waals surface area contributed by atoms with E-state index in [0.29, 0.717) is 5.82 Å². The summed E-state index contributed by atoms with van der Waals surface area (Å²) in [5.74, 6) is 1.50. The second-order valence-electron chi connectivity index (χ2n) is 8.49. The molecule has 5 heteroatoms. The van der Waals surface area contributed by atoms with Crippen LogP contribution in [-0.4, -0.2) is 27.0 Å². The molecule has 0 saturated carbocycles. The lowest BCUT2D eigenvalue weighted by atomic mass is 10.0. The predicted octanol–water partition coefficient (Wildman–Crippen LogP) is 4.75. The van der Waals surface area contributed by atoms with Crippen molar-refractivity contribution in [2.24, 2.45) is 0 Å². The Bertz CT molecular complexity index is 904. The monoisotopic (exact) mass is 367 g/mol. The number of aryl methyl sites for hydroxylation is 2. The molecule has 2 aromatic heterocycles. The number of nitrogens with one attached hydrogen (secondary N) is 2. The first-order chi connectivity index (χ1) is 12.9. The lowest BCUT2D eigenvalue weighted by Crippen LogP contribution is -2.36. The maximum atomic E-state index is 6.13. The van der Waals surface area contributed by atoms with E-state index in [1.165, 1.54) is 24.8 Å². The number of nitrogens with zero attached hydrogens (tertiary/aromatic N) is 2. The summed E-state index contributed by atoms with van der Waals surface area (Å²) in [7, 11) is 0. The highest BCUT2D eigenvalue weighted by atomic mass is 15.0. The number of aromatic nitrogens is 3. The van der Waals surface area contributed by atoms with Crippen LogP contribution in [0.1, 0.15) is 64.8 Å². The molecular weight excluding hydrogens is 334 g/mol. The molecule has 0 atom stereocenters. The molecule has 27 heavy (non-hydrogen) atoms. The van der Waals surface area contributed by atoms with Crippen LogP contribution in [0.25, 0.3) is 21.9 Å². The van der Waals surface area contributed by atoms with Crippen molar-refractivity contribution in [2.45, 2.75) is 71.8 Å². The van der Waals surface area contributed by atoms with Crippen molar-refractivity contribution in [3.8, 4) is 0 Å². The van der Waals surface area contributed by atoms with Gasteiger partial charge >= 0.3 is 0 Å². The molecule has 0 aliphatic rings. The molecule has 2 heterocycles. The Morgan fingerprint density at radius 3 is 2.63 bits per heavy atom. The van der Waals surface area contributed by atoms with E-state index in [4.69, 9.17) is 5.73 Å². The Kier molecular flexibility index (Phi) is 6.00. The van der Waals surface area contributed by atoms with Gasteiger partial charge in [-0.2, -0.15) is 0 Å². The standard InChI is InChI=1S/C22H33N5/c1-5-9-18-26-19-16-14-15(10-7-6-8-13-24-22(2,3)4)11-12-17(16)25-21(23)20(19)27-18/h11-12,14,24H,5-10,13H2,1-4H3,(H2,23,25)(H,26,27). The summed E-state index contributed by atoms with van der Waals surface area (Å²) in [5.41, 5.74) is 10.5. The second-order valence-corrected chi connectivity index (χ2v) is 8.49. The van der Waals surface area contributed by atoms with Gasteiger partial charge in [0.2, 0.25) is 0 Å². The van der Waals surface area contributed by atoms with E-state index in [1.807, 2.05) is 0 Å². The van der Waals surface area contributed by atoms with Crippen LogP contribution < -0.4 is 11.1 Å². The Hall–Kier alpha value is -2.14. The van der Waals surface area contributed by atoms with Gasteiger partial charge in [-0.3, -0.25) is 0 Å². The fourth-order valence-electron chi connectivity index (χ4n) is 3.47. The van der Waals surface area contributed by atoms with Gasteiger partial charge in [0, 0.05) is 17.3 Å². The highest BCUT2D eigenvalue weighted by molar-refractivity contribution is 6.06. The molecule has 0 aliphatic heterocycles. The topological polar surface area (TPSA) is 79.6 Å². The van der Waals surface area contributed by atoms with Gasteiger partial charge in [0.05, 0.1) is 11.0 Å². The third kappa shape index (κ3) is 4.98. The Morgan fingerprint density at radius 1 is 1.07 bits per heavy atom. The summed E-state index contributed by atoms with van der Waals surface area (Å²) in [5, 5.41) is 4.68. The van der Waals surface area contributed by atoms with Gasteiger partial charge in [0.25, 0.3) is 0 Å². The highest BCUT2D eigenvalue weighted by Gasteiger charge is 2.12. The van der Waals surface area contributed by atoms with Crippen molar-refractivity contribution < 1.29 is 0 Å². The molecule has 146 valence electrons. The number of pyridine rings is 1. The van der Waals surface area contributed by atoms with Gasteiger partial charge in [0.15, 0.2) is 5.82 Å². The molecule has 0 bridgehead atoms. The molecule has 0 radical (unpaired) electrons. The van der Waals surface area contributed by atoms with Crippen molar-refractivity contribution in [1.82, 2.24) is 20.3 Å². The van der Waals surface area contributed by atoms with Crippen LogP contribution in [0, 0.1) is 0 Å². The number of anilines is 1. The van der Waals surface area contributed by atoms with Crippen molar-refractivity contribution in [3.05, 3.63) is 29.6 Å². The molecular formula is C22H33N5. The lowest BCUT2D eigenvalue weighted by Gasteiger charge is -2.20. The minimum atomic E-state index is 0.208. The third-order valence-corrected chi connectivity index (χ3v) is 4.85. The molecule has 0 amide bonds. The number of hydrogen-bond donors (Lipinski definition) is 3. The number of nitrogen functional groups attached to an aromatic ring is 1. The first-order valence-corrected chi connectivity index (χ1v) is 10.2. The summed E-state index contributed by atoms with van der Waals surface area (Å²) >= 11 is 0. The zero-order valence-electron chi connectivity index (χ0n) is 17.2. The number of benzene rings is 1. The number of rotatable bonds is 8. The van der Waals surface area contributed by atoms with E-state index < -0.39 is 0 Å². The molecule has 0 unspecified atom stereocenters. The lowest BCUT2D eigenvalue weighted by molar-refractivity contribution is 0.417. The van der Waals surface area contributed by atoms with E-state index in [1.54, 1.807) is 0 Å². The summed E-state index contributed by atoms with van der Waals surface area (Å²) in [6.07, 6.45) is 6.73. The Labute approximate surface area is 162 Å². The minimum Gasteiger partial charge on any atom is -0.382 e. The average molecular weight is 368 g/mol. The maximum absolute atomic E-state index is 6.13. The van der Waals surface area contributed by atoms with E-state index in [0.717, 1.165) is 53.6 Å². The third-order valence-electron chi connectivity index (χ3n) is 4.85. The van der Waals surface area contributed by atoms with E-state index >= 15 is 0 Å². The maximum Gasteiger partial charge on any atom is 0.152 e. The number of unbranched alkanes of at least 4 members (excludes halogenated alkanes) is 2. The van der Waals surface area contributed by atoms with Gasteiger partial charge in [-0.1, -0.05) is 19.4 Å². The van der Waals surface area contributed by atoms with E-state index in [-0.39, 0.29) is 5.54 Å². The summed E-state index contributed by atoms with van der Waals surface area (Å²) in [6, 6.07) is 6.52. The van der Waals surface area contributed by atoms with Crippen LogP contribution in [0.2, 0.25) is 0 Å². The second kappa shape index (κ2) is 8.26. The highest BCUT2D eigenvalue weighted by Crippen LogP contribution is 2.27. The molecule has 0 aliphatic carbocycles. The summed E-state index contributed by atoms with van der Waals surface area (Å²) < 4.78 is 0. The van der Waals surface area contributed by atoms with Crippen LogP contribution in [0.15, 0.2) is 18.2 Å². The zero-order valence-corrected chi connectivity index (χ0v) is 17.2. The van der Waals surface area contributed by atoms with Crippen LogP contribution in [0.5, 0.6) is 0 Å². The first-order valence-electron chi connectivity index (χ1n) is 10.2. The minimum absolute atomic E-state index is 0.208. The van der Waals surface area contributed by atoms with Crippen molar-refractivity contribution in [3.63, 3.8) is 0 Å². The van der Waals surface area contributed by atoms with Gasteiger partial charge in [-0.15, -0.1) is 0 Å². The van der Waals surface area contributed by atoms with Gasteiger partial charge < -0.3 is 16.0 Å². The first kappa shape index (κ1) is 19.6. The summed E-state index contributed by atoms with van der Waals surface area (Å²) in [6.45, 7) is 9.88. The SMILES string of the molecule is CCCc1nc2c(N)nc3ccc(CCCCCNC(C)(C)C)cc3c2[nH]1. The van der Waals surface area contributed by atoms with Crippen molar-refractivity contribution in [1.29, 1.82) is 0 Å². The normalized spacial score (nSPS) is 12.3. The van der Waals surface area contributed by atoms with E-state index in [2.05, 4.69) is 66.2 Å². The molecule has 0 saturated heterocycles. The quantitative estimate of drug-likeness (QED) is 0.502. The zero-order chi connectivity index (χ0) is 19.4. The molecule has 1 aromatic carbocycles. The largest absolute Gasteiger partial charge is 0.382 e. The number of hydrogen-bond acceptors (Lipinski definition) is 4. The number of aromatic amines is 1. The molecule has 3 aromatic rings. The number of H-pyrrole nitrogens is 1. The average Bonchev–Trinajstić information content (AvgIpc) is 3.03. The summed E-state index contributed by atoms with van der Waals surface area (Å²) in [4.78, 5) is 12.7. The molecule has 4 N–H and O–H groups in total. The van der Waals surface area contributed by atoms with Crippen LogP contribution in [0.4, 0.5) is 5.82 Å². The van der Waals surface area contributed by atoms with Gasteiger partial charge in [0.1, 0.15) is 11.3 Å². The number of nitrogens with two attached hydrogens (primary N) is 1. The number of imidazole rings is 1. The van der Waals surface area contributed by atoms with E-state index in [9.17, 15) is 0 Å². The van der Waals surface area contributed by atoms with Crippen LogP contribution >= 0.6 is 0 Å². The molecule has 0 spiro atoms. The van der Waals surface area contributed by atoms with Gasteiger partial charge in [-0.05, 0) is 70.7 Å². The smallest absolute Gasteiger partial charge is 0.152 e. The fourth-order valence-corrected chi connectivity index (χ4v) is 3.47. The van der Waals surface area contributed by atoms with Crippen LogP contribution in [0.3, 0.4) is 0 Å². The Morgan fingerprint density at radius 2 is 1.89 bits per heavy atom. The number of fused-ring (bicyclic) bond motifs is 3. The fraction of sp³-hybridized carbons (Fsp3) is 0.545. The van der Waals surface area contributed by atoms with Gasteiger partial charge in [-0.25, -0.2) is 9.97 Å². The van der Waals surface area contributed by atoms with Crippen molar-refractivity contribution in [2.75, 3.05) is 12.3 Å². The predicted molar refractivity (Wildman–Crippen MR) is 115 cm³/mol. The van der Waals surface area contributed by atoms with Crippen LogP contribution in [-0.2, 0) is 12.8 Å². The molecule has 3 rings (SSSR count). The van der Waals surface area contributed by atoms with Crippen molar-refractivity contribution >= 4 is 27.8 Å². The Balaban J connectivity index is 1.70. The molecule has 0 fully saturated rings.